The second-order valence-electron chi connectivity index (χ2n) is 9.24. The zero-order chi connectivity index (χ0) is 21.8. The predicted octanol–water partition coefficient (Wildman–Crippen LogP) is -0.0953. The van der Waals surface area contributed by atoms with Crippen molar-refractivity contribution in [2.75, 3.05) is 33.3 Å². The molecule has 0 bridgehead atoms. The smallest absolute Gasteiger partial charge is 0.214 e. The van der Waals surface area contributed by atoms with Crippen LogP contribution in [0.15, 0.2) is 48.8 Å². The third kappa shape index (κ3) is 4.75. The number of hydrogen-bond acceptors (Lipinski definition) is 5. The van der Waals surface area contributed by atoms with Crippen molar-refractivity contribution in [2.45, 2.75) is 38.9 Å². The summed E-state index contributed by atoms with van der Waals surface area (Å²) in [5, 5.41) is 12.9. The molecule has 8 nitrogen and oxygen atoms in total. The summed E-state index contributed by atoms with van der Waals surface area (Å²) in [5.41, 5.74) is 2.27. The highest BCUT2D eigenvalue weighted by Crippen LogP contribution is 2.28. The summed E-state index contributed by atoms with van der Waals surface area (Å²) < 4.78 is 7.70. The molecule has 1 saturated heterocycles. The third-order valence-corrected chi connectivity index (χ3v) is 6.05. The van der Waals surface area contributed by atoms with E-state index in [9.17, 15) is 0 Å². The normalized spacial score (nSPS) is 20.4. The number of ether oxygens (including phenoxy) is 1. The molecule has 1 atom stereocenters. The van der Waals surface area contributed by atoms with E-state index in [2.05, 4.69) is 65.5 Å². The van der Waals surface area contributed by atoms with Crippen LogP contribution in [0.4, 0.5) is 0 Å². The molecule has 31 heavy (non-hydrogen) atoms. The topological polar surface area (TPSA) is 74.6 Å². The molecular formula is C23H33N7O+2. The summed E-state index contributed by atoms with van der Waals surface area (Å²) in [4.78, 5) is 7.21. The molecular weight excluding hydrogens is 390 g/mol. The van der Waals surface area contributed by atoms with Crippen molar-refractivity contribution in [3.8, 4) is 5.75 Å². The number of quaternary nitrogens is 2. The minimum atomic E-state index is -0.201. The molecule has 0 aliphatic carbocycles. The molecule has 0 amide bonds. The fraction of sp³-hybridized carbons (Fsp3) is 0.478. The Labute approximate surface area is 183 Å². The molecule has 1 aliphatic heterocycles. The van der Waals surface area contributed by atoms with Crippen molar-refractivity contribution in [3.05, 3.63) is 65.7 Å². The van der Waals surface area contributed by atoms with Crippen molar-refractivity contribution in [1.29, 1.82) is 0 Å². The molecule has 3 heterocycles. The molecule has 2 aromatic heterocycles. The quantitative estimate of drug-likeness (QED) is 0.580. The molecule has 0 saturated carbocycles. The Morgan fingerprint density at radius 3 is 2.42 bits per heavy atom. The van der Waals surface area contributed by atoms with Crippen molar-refractivity contribution < 1.29 is 14.5 Å². The predicted molar refractivity (Wildman–Crippen MR) is 117 cm³/mol. The van der Waals surface area contributed by atoms with Crippen LogP contribution in [0.1, 0.15) is 43.8 Å². The Kier molecular flexibility index (Phi) is 6.29. The van der Waals surface area contributed by atoms with Gasteiger partial charge in [-0.15, -0.1) is 5.10 Å². The Hall–Kier alpha value is -2.84. The van der Waals surface area contributed by atoms with E-state index in [1.807, 2.05) is 29.2 Å². The number of methoxy groups -OCH3 is 1. The number of nitrogens with one attached hydrogen (secondary N) is 2. The molecule has 1 fully saturated rings. The van der Waals surface area contributed by atoms with Crippen molar-refractivity contribution in [3.63, 3.8) is 0 Å². The number of aromatic nitrogens is 5. The number of tetrazole rings is 1. The van der Waals surface area contributed by atoms with Crippen molar-refractivity contribution in [2.24, 2.45) is 0 Å². The summed E-state index contributed by atoms with van der Waals surface area (Å²) in [7, 11) is 1.73. The Morgan fingerprint density at radius 2 is 1.74 bits per heavy atom. The SMILES string of the molecule is COc1ccccc1[C@@H](c1nnnn1C(C)(C)C)[NH+]1CC[NH+](Cc2ccncc2)CC1. The van der Waals surface area contributed by atoms with E-state index >= 15 is 0 Å². The van der Waals surface area contributed by atoms with Gasteiger partial charge in [-0.1, -0.05) is 12.1 Å². The molecule has 0 radical (unpaired) electrons. The molecule has 1 aliphatic rings. The molecule has 164 valence electrons. The fourth-order valence-corrected chi connectivity index (χ4v) is 4.48. The van der Waals surface area contributed by atoms with Gasteiger partial charge in [0.1, 0.15) is 38.5 Å². The van der Waals surface area contributed by atoms with E-state index in [0.717, 1.165) is 49.9 Å². The van der Waals surface area contributed by atoms with E-state index in [0.29, 0.717) is 0 Å². The second kappa shape index (κ2) is 9.11. The monoisotopic (exact) mass is 423 g/mol. The van der Waals surface area contributed by atoms with Gasteiger partial charge in [0.25, 0.3) is 0 Å². The molecule has 3 aromatic rings. The van der Waals surface area contributed by atoms with Gasteiger partial charge in [0.05, 0.1) is 18.2 Å². The largest absolute Gasteiger partial charge is 0.496 e. The zero-order valence-electron chi connectivity index (χ0n) is 18.9. The zero-order valence-corrected chi connectivity index (χ0v) is 18.9. The van der Waals surface area contributed by atoms with Gasteiger partial charge in [-0.3, -0.25) is 4.98 Å². The second-order valence-corrected chi connectivity index (χ2v) is 9.24. The number of pyridine rings is 1. The van der Waals surface area contributed by atoms with E-state index in [1.54, 1.807) is 12.0 Å². The average molecular weight is 424 g/mol. The highest BCUT2D eigenvalue weighted by molar-refractivity contribution is 5.37. The maximum absolute atomic E-state index is 5.74. The minimum Gasteiger partial charge on any atom is -0.496 e. The average Bonchev–Trinajstić information content (AvgIpc) is 3.26. The summed E-state index contributed by atoms with van der Waals surface area (Å²) in [6.45, 7) is 11.7. The summed E-state index contributed by atoms with van der Waals surface area (Å²) in [6, 6.07) is 12.5. The van der Waals surface area contributed by atoms with E-state index in [1.165, 1.54) is 10.5 Å². The highest BCUT2D eigenvalue weighted by Gasteiger charge is 2.38. The first-order valence-electron chi connectivity index (χ1n) is 11.0. The number of piperazine rings is 1. The van der Waals surface area contributed by atoms with Crippen LogP contribution in [0.2, 0.25) is 0 Å². The lowest BCUT2D eigenvalue weighted by Gasteiger charge is -2.35. The van der Waals surface area contributed by atoms with Gasteiger partial charge in [-0.05, 0) is 55.5 Å². The first-order chi connectivity index (χ1) is 15.0. The van der Waals surface area contributed by atoms with Crippen LogP contribution in [0.25, 0.3) is 0 Å². The summed E-state index contributed by atoms with van der Waals surface area (Å²) in [6.07, 6.45) is 3.75. The number of hydrogen-bond donors (Lipinski definition) is 2. The maximum atomic E-state index is 5.74. The fourth-order valence-electron chi connectivity index (χ4n) is 4.48. The van der Waals surface area contributed by atoms with Gasteiger partial charge in [-0.2, -0.15) is 0 Å². The minimum absolute atomic E-state index is 0.0212. The molecule has 0 spiro atoms. The first kappa shape index (κ1) is 21.4. The van der Waals surface area contributed by atoms with Gasteiger partial charge in [0.2, 0.25) is 5.82 Å². The Morgan fingerprint density at radius 1 is 1.03 bits per heavy atom. The molecule has 4 rings (SSSR count). The maximum Gasteiger partial charge on any atom is 0.214 e. The van der Waals surface area contributed by atoms with Gasteiger partial charge < -0.3 is 14.5 Å². The molecule has 0 unspecified atom stereocenters. The summed E-state index contributed by atoms with van der Waals surface area (Å²) in [5.74, 6) is 1.78. The van der Waals surface area contributed by atoms with Crippen LogP contribution in [0.5, 0.6) is 5.75 Å². The van der Waals surface area contributed by atoms with Crippen LogP contribution < -0.4 is 14.5 Å². The molecule has 2 N–H and O–H groups in total. The van der Waals surface area contributed by atoms with Crippen molar-refractivity contribution in [1.82, 2.24) is 25.2 Å². The standard InChI is InChI=1S/C23H31N7O/c1-23(2,3)30-22(25-26-27-30)21(19-7-5-6-8-20(19)31-4)29-15-13-28(14-16-29)17-18-9-11-24-12-10-18/h5-12,21H,13-17H2,1-4H3/p+2/t21-/m0/s1. The summed E-state index contributed by atoms with van der Waals surface area (Å²) >= 11 is 0. The van der Waals surface area contributed by atoms with E-state index in [-0.39, 0.29) is 11.6 Å². The number of benzene rings is 1. The lowest BCUT2D eigenvalue weighted by molar-refractivity contribution is -1.03. The van der Waals surface area contributed by atoms with Gasteiger partial charge in [0, 0.05) is 18.0 Å². The van der Waals surface area contributed by atoms with Crippen LogP contribution >= 0.6 is 0 Å². The van der Waals surface area contributed by atoms with Crippen LogP contribution in [0.3, 0.4) is 0 Å². The Bertz CT molecular complexity index is 975. The Balaban J connectivity index is 1.61. The molecule has 8 heteroatoms. The lowest BCUT2D eigenvalue weighted by Crippen LogP contribution is -3.27. The highest BCUT2D eigenvalue weighted by atomic mass is 16.5. The number of nitrogens with zero attached hydrogens (tertiary/aromatic N) is 5. The van der Waals surface area contributed by atoms with Gasteiger partial charge in [0.15, 0.2) is 6.04 Å². The van der Waals surface area contributed by atoms with Gasteiger partial charge in [-0.25, -0.2) is 4.68 Å². The van der Waals surface area contributed by atoms with Crippen molar-refractivity contribution >= 4 is 0 Å². The number of para-hydroxylation sites is 1. The van der Waals surface area contributed by atoms with Crippen LogP contribution in [-0.4, -0.2) is 58.5 Å². The molecule has 1 aromatic carbocycles. The van der Waals surface area contributed by atoms with Crippen LogP contribution in [0, 0.1) is 0 Å². The first-order valence-corrected chi connectivity index (χ1v) is 11.0. The number of rotatable bonds is 6. The third-order valence-electron chi connectivity index (χ3n) is 6.05. The van der Waals surface area contributed by atoms with Crippen LogP contribution in [-0.2, 0) is 12.1 Å². The van der Waals surface area contributed by atoms with E-state index in [4.69, 9.17) is 4.74 Å². The lowest BCUT2D eigenvalue weighted by atomic mass is 10.0. The van der Waals surface area contributed by atoms with E-state index < -0.39 is 0 Å². The van der Waals surface area contributed by atoms with Gasteiger partial charge >= 0.3 is 0 Å².